The molecule has 1 unspecified atom stereocenters. The van der Waals surface area contributed by atoms with Crippen LogP contribution in [-0.2, 0) is 16.6 Å². The van der Waals surface area contributed by atoms with E-state index in [9.17, 15) is 14.4 Å². The van der Waals surface area contributed by atoms with E-state index in [1.165, 1.54) is 22.2 Å². The highest BCUT2D eigenvalue weighted by Gasteiger charge is 2.32. The summed E-state index contributed by atoms with van der Waals surface area (Å²) in [5, 5.41) is 0.514. The van der Waals surface area contributed by atoms with Gasteiger partial charge in [0.2, 0.25) is 0 Å². The summed E-state index contributed by atoms with van der Waals surface area (Å²) in [6, 6.07) is 0. The molecule has 4 rings (SSSR count). The van der Waals surface area contributed by atoms with Crippen LogP contribution in [0.4, 0.5) is 0 Å². The van der Waals surface area contributed by atoms with Crippen molar-refractivity contribution in [3.63, 3.8) is 0 Å². The Bertz CT molecular complexity index is 952. The number of rotatable bonds is 2. The van der Waals surface area contributed by atoms with E-state index in [0.29, 0.717) is 53.4 Å². The van der Waals surface area contributed by atoms with Gasteiger partial charge in [-0.1, -0.05) is 0 Å². The maximum atomic E-state index is 13.0. The Hall–Kier alpha value is -2.26. The molecular weight excluding hydrogens is 368 g/mol. The van der Waals surface area contributed by atoms with Gasteiger partial charge < -0.3 is 19.1 Å². The maximum Gasteiger partial charge on any atom is 0.264 e. The van der Waals surface area contributed by atoms with Crippen LogP contribution in [0.5, 0.6) is 0 Å². The van der Waals surface area contributed by atoms with Gasteiger partial charge in [0.15, 0.2) is 0 Å². The Kier molecular flexibility index (Phi) is 4.73. The van der Waals surface area contributed by atoms with Gasteiger partial charge in [-0.3, -0.25) is 14.4 Å². The first kappa shape index (κ1) is 18.1. The normalized spacial score (nSPS) is 20.4. The van der Waals surface area contributed by atoms with E-state index in [2.05, 4.69) is 4.98 Å². The second kappa shape index (κ2) is 7.05. The number of fused-ring (bicyclic) bond motifs is 1. The molecule has 2 amide bonds. The molecule has 2 aliphatic heterocycles. The number of carbonyl (C=O) groups excluding carboxylic acids is 2. The fourth-order valence-corrected chi connectivity index (χ4v) is 4.77. The van der Waals surface area contributed by atoms with Gasteiger partial charge in [-0.15, -0.1) is 11.3 Å². The van der Waals surface area contributed by atoms with Crippen molar-refractivity contribution in [3.8, 4) is 0 Å². The number of aryl methyl sites for hydroxylation is 2. The van der Waals surface area contributed by atoms with Crippen molar-refractivity contribution < 1.29 is 14.3 Å². The van der Waals surface area contributed by atoms with Crippen LogP contribution in [0.1, 0.15) is 28.1 Å². The zero-order valence-electron chi connectivity index (χ0n) is 15.4. The van der Waals surface area contributed by atoms with Gasteiger partial charge in [0, 0.05) is 39.8 Å². The first-order valence-corrected chi connectivity index (χ1v) is 9.93. The topological polar surface area (TPSA) is 84.7 Å². The summed E-state index contributed by atoms with van der Waals surface area (Å²) in [7, 11) is 1.65. The lowest BCUT2D eigenvalue weighted by Gasteiger charge is -2.35. The van der Waals surface area contributed by atoms with Crippen molar-refractivity contribution in [2.75, 3.05) is 32.8 Å². The quantitative estimate of drug-likeness (QED) is 0.756. The van der Waals surface area contributed by atoms with Gasteiger partial charge in [0.1, 0.15) is 10.9 Å². The van der Waals surface area contributed by atoms with Gasteiger partial charge in [-0.25, -0.2) is 4.98 Å². The number of amides is 2. The van der Waals surface area contributed by atoms with Crippen molar-refractivity contribution in [1.29, 1.82) is 0 Å². The molecule has 2 aromatic rings. The summed E-state index contributed by atoms with van der Waals surface area (Å²) in [5.41, 5.74) is 0.548. The first-order chi connectivity index (χ1) is 13.0. The lowest BCUT2D eigenvalue weighted by molar-refractivity contribution is -0.142. The zero-order chi connectivity index (χ0) is 19.1. The minimum atomic E-state index is -0.320. The highest BCUT2D eigenvalue weighted by Crippen LogP contribution is 2.28. The third-order valence-corrected chi connectivity index (χ3v) is 6.48. The molecule has 0 saturated carbocycles. The van der Waals surface area contributed by atoms with E-state index in [1.54, 1.807) is 23.8 Å². The Morgan fingerprint density at radius 2 is 1.93 bits per heavy atom. The monoisotopic (exact) mass is 390 g/mol. The van der Waals surface area contributed by atoms with Crippen molar-refractivity contribution >= 4 is 33.4 Å². The molecule has 9 heteroatoms. The van der Waals surface area contributed by atoms with Crippen molar-refractivity contribution in [2.45, 2.75) is 25.9 Å². The van der Waals surface area contributed by atoms with Crippen LogP contribution < -0.4 is 5.56 Å². The SMILES string of the molecule is Cc1c(C(=O)N2CCN(C(=O)C3CCCO3)CC2)sc2ncn(C)c(=O)c12. The predicted octanol–water partition coefficient (Wildman–Crippen LogP) is 0.767. The molecule has 2 aliphatic rings. The molecule has 0 radical (unpaired) electrons. The second-order valence-corrected chi connectivity index (χ2v) is 8.02. The van der Waals surface area contributed by atoms with Gasteiger partial charge in [-0.05, 0) is 25.3 Å². The van der Waals surface area contributed by atoms with Gasteiger partial charge in [-0.2, -0.15) is 0 Å². The Labute approximate surface area is 160 Å². The minimum absolute atomic E-state index is 0.0327. The molecule has 0 aliphatic carbocycles. The van der Waals surface area contributed by atoms with Gasteiger partial charge in [0.25, 0.3) is 17.4 Å². The highest BCUT2D eigenvalue weighted by molar-refractivity contribution is 7.20. The number of ether oxygens (including phenoxy) is 1. The smallest absolute Gasteiger partial charge is 0.264 e. The van der Waals surface area contributed by atoms with E-state index in [1.807, 2.05) is 0 Å². The summed E-state index contributed by atoms with van der Waals surface area (Å²) < 4.78 is 6.90. The molecular formula is C18H22N4O4S. The average Bonchev–Trinajstić information content (AvgIpc) is 3.32. The zero-order valence-corrected chi connectivity index (χ0v) is 16.3. The number of thiophene rings is 1. The molecule has 0 aromatic carbocycles. The molecule has 4 heterocycles. The van der Waals surface area contributed by atoms with E-state index in [4.69, 9.17) is 4.74 Å². The van der Waals surface area contributed by atoms with E-state index in [-0.39, 0.29) is 23.5 Å². The molecule has 0 spiro atoms. The van der Waals surface area contributed by atoms with E-state index < -0.39 is 0 Å². The second-order valence-electron chi connectivity index (χ2n) is 7.02. The van der Waals surface area contributed by atoms with E-state index in [0.717, 1.165) is 12.8 Å². The van der Waals surface area contributed by atoms with Crippen LogP contribution in [0, 0.1) is 6.92 Å². The molecule has 2 fully saturated rings. The van der Waals surface area contributed by atoms with Crippen LogP contribution >= 0.6 is 11.3 Å². The number of carbonyl (C=O) groups is 2. The summed E-state index contributed by atoms with van der Waals surface area (Å²) in [4.78, 5) is 46.7. The molecule has 144 valence electrons. The third kappa shape index (κ3) is 3.14. The third-order valence-electron chi connectivity index (χ3n) is 5.29. The van der Waals surface area contributed by atoms with Gasteiger partial charge >= 0.3 is 0 Å². The van der Waals surface area contributed by atoms with Gasteiger partial charge in [0.05, 0.1) is 16.6 Å². The fraction of sp³-hybridized carbons (Fsp3) is 0.556. The average molecular weight is 390 g/mol. The maximum absolute atomic E-state index is 13.0. The fourth-order valence-electron chi connectivity index (χ4n) is 3.66. The Morgan fingerprint density at radius 3 is 2.59 bits per heavy atom. The number of nitrogens with zero attached hydrogens (tertiary/aromatic N) is 4. The van der Waals surface area contributed by atoms with E-state index >= 15 is 0 Å². The van der Waals surface area contributed by atoms with Crippen LogP contribution in [0.3, 0.4) is 0 Å². The van der Waals surface area contributed by atoms with Crippen molar-refractivity contribution in [3.05, 3.63) is 27.1 Å². The Morgan fingerprint density at radius 1 is 1.22 bits per heavy atom. The predicted molar refractivity (Wildman–Crippen MR) is 101 cm³/mol. The lowest BCUT2D eigenvalue weighted by atomic mass is 10.1. The summed E-state index contributed by atoms with van der Waals surface area (Å²) in [6.45, 7) is 4.43. The minimum Gasteiger partial charge on any atom is -0.368 e. The summed E-state index contributed by atoms with van der Waals surface area (Å²) in [5.74, 6) is -0.0629. The molecule has 0 N–H and O–H groups in total. The number of aromatic nitrogens is 2. The summed E-state index contributed by atoms with van der Waals surface area (Å²) in [6.07, 6.45) is 2.86. The molecule has 2 saturated heterocycles. The number of piperazine rings is 1. The standard InChI is InChI=1S/C18H22N4O4S/c1-11-13-15(19-10-20(2)17(13)24)27-14(11)18(25)22-7-5-21(6-8-22)16(23)12-4-3-9-26-12/h10,12H,3-9H2,1-2H3. The summed E-state index contributed by atoms with van der Waals surface area (Å²) >= 11 is 1.26. The highest BCUT2D eigenvalue weighted by atomic mass is 32.1. The van der Waals surface area contributed by atoms with Crippen LogP contribution in [0.25, 0.3) is 10.2 Å². The molecule has 27 heavy (non-hydrogen) atoms. The van der Waals surface area contributed by atoms with Crippen molar-refractivity contribution in [1.82, 2.24) is 19.4 Å². The van der Waals surface area contributed by atoms with Crippen LogP contribution in [0.15, 0.2) is 11.1 Å². The molecule has 8 nitrogen and oxygen atoms in total. The van der Waals surface area contributed by atoms with Crippen molar-refractivity contribution in [2.24, 2.45) is 7.05 Å². The lowest BCUT2D eigenvalue weighted by Crippen LogP contribution is -2.52. The number of hydrogen-bond donors (Lipinski definition) is 0. The largest absolute Gasteiger partial charge is 0.368 e. The number of hydrogen-bond acceptors (Lipinski definition) is 6. The van der Waals surface area contributed by atoms with Crippen LogP contribution in [-0.4, -0.2) is 70.1 Å². The molecule has 0 bridgehead atoms. The first-order valence-electron chi connectivity index (χ1n) is 9.11. The Balaban J connectivity index is 1.49. The molecule has 2 aromatic heterocycles. The molecule has 1 atom stereocenters. The van der Waals surface area contributed by atoms with Crippen LogP contribution in [0.2, 0.25) is 0 Å².